The average Bonchev–Trinajstić information content (AvgIpc) is 2.59. The molecule has 3 nitrogen and oxygen atoms in total. The Kier molecular flexibility index (Phi) is 4.20. The molecule has 1 atom stereocenters. The van der Waals surface area contributed by atoms with Crippen molar-refractivity contribution in [2.75, 3.05) is 5.75 Å². The summed E-state index contributed by atoms with van der Waals surface area (Å²) in [6.45, 7) is 4.02. The van der Waals surface area contributed by atoms with Gasteiger partial charge in [-0.1, -0.05) is 13.8 Å². The lowest BCUT2D eigenvalue weighted by Gasteiger charge is -2.05. The molecule has 0 radical (unpaired) electrons. The van der Waals surface area contributed by atoms with Gasteiger partial charge in [-0.3, -0.25) is 9.48 Å². The smallest absolute Gasteiger partial charge is 0.145 e. The molecule has 0 bridgehead atoms. The standard InChI is InChI=1S/C10H16N2OS/c1-4-8(2)10(13)7-14-9-5-11-12(3)6-9/h5-6,8H,4,7H2,1-3H3. The van der Waals surface area contributed by atoms with E-state index in [4.69, 9.17) is 0 Å². The van der Waals surface area contributed by atoms with Crippen LogP contribution in [0.1, 0.15) is 20.3 Å². The number of hydrogen-bond acceptors (Lipinski definition) is 3. The van der Waals surface area contributed by atoms with E-state index in [2.05, 4.69) is 5.10 Å². The molecule has 0 fully saturated rings. The summed E-state index contributed by atoms with van der Waals surface area (Å²) >= 11 is 1.56. The molecule has 0 amide bonds. The molecule has 14 heavy (non-hydrogen) atoms. The van der Waals surface area contributed by atoms with Crippen molar-refractivity contribution in [1.82, 2.24) is 9.78 Å². The first-order chi connectivity index (χ1) is 6.63. The van der Waals surface area contributed by atoms with E-state index in [1.165, 1.54) is 0 Å². The molecule has 4 heteroatoms. The molecule has 0 aliphatic carbocycles. The molecule has 78 valence electrons. The van der Waals surface area contributed by atoms with Crippen molar-refractivity contribution in [3.63, 3.8) is 0 Å². The molecule has 0 saturated heterocycles. The summed E-state index contributed by atoms with van der Waals surface area (Å²) in [6, 6.07) is 0. The lowest BCUT2D eigenvalue weighted by molar-refractivity contribution is -0.119. The fraction of sp³-hybridized carbons (Fsp3) is 0.600. The molecule has 1 unspecified atom stereocenters. The van der Waals surface area contributed by atoms with Gasteiger partial charge in [0.1, 0.15) is 5.78 Å². The summed E-state index contributed by atoms with van der Waals surface area (Å²) in [4.78, 5) is 12.6. The van der Waals surface area contributed by atoms with E-state index in [1.54, 1.807) is 22.6 Å². The zero-order valence-electron chi connectivity index (χ0n) is 8.86. The van der Waals surface area contributed by atoms with Crippen LogP contribution in [-0.2, 0) is 11.8 Å². The molecule has 1 aromatic rings. The van der Waals surface area contributed by atoms with Gasteiger partial charge in [0.25, 0.3) is 0 Å². The minimum atomic E-state index is 0.180. The van der Waals surface area contributed by atoms with Gasteiger partial charge in [0.2, 0.25) is 0 Å². The van der Waals surface area contributed by atoms with Crippen LogP contribution < -0.4 is 0 Å². The number of aryl methyl sites for hydroxylation is 1. The number of carbonyl (C=O) groups is 1. The largest absolute Gasteiger partial charge is 0.298 e. The predicted molar refractivity (Wildman–Crippen MR) is 58.4 cm³/mol. The highest BCUT2D eigenvalue weighted by Crippen LogP contribution is 2.18. The van der Waals surface area contributed by atoms with E-state index in [0.717, 1.165) is 11.3 Å². The number of carbonyl (C=O) groups excluding carboxylic acids is 1. The van der Waals surface area contributed by atoms with Crippen LogP contribution in [0.5, 0.6) is 0 Å². The van der Waals surface area contributed by atoms with Crippen LogP contribution in [0.3, 0.4) is 0 Å². The maximum atomic E-state index is 11.5. The Labute approximate surface area is 88.9 Å². The van der Waals surface area contributed by atoms with Crippen molar-refractivity contribution in [2.45, 2.75) is 25.2 Å². The van der Waals surface area contributed by atoms with Gasteiger partial charge in [-0.25, -0.2) is 0 Å². The molecule has 0 aliphatic rings. The molecule has 0 spiro atoms. The lowest BCUT2D eigenvalue weighted by atomic mass is 10.1. The van der Waals surface area contributed by atoms with Gasteiger partial charge in [0.05, 0.1) is 11.9 Å². The topological polar surface area (TPSA) is 34.9 Å². The minimum absolute atomic E-state index is 0.180. The van der Waals surface area contributed by atoms with Crippen molar-refractivity contribution < 1.29 is 4.79 Å². The van der Waals surface area contributed by atoms with Crippen LogP contribution in [0, 0.1) is 5.92 Å². The van der Waals surface area contributed by atoms with Gasteiger partial charge in [-0.15, -0.1) is 11.8 Å². The Morgan fingerprint density at radius 1 is 1.71 bits per heavy atom. The number of hydrogen-bond donors (Lipinski definition) is 0. The number of rotatable bonds is 5. The molecule has 1 heterocycles. The number of thioether (sulfide) groups is 1. The minimum Gasteiger partial charge on any atom is -0.298 e. The lowest BCUT2D eigenvalue weighted by Crippen LogP contribution is -2.11. The van der Waals surface area contributed by atoms with Gasteiger partial charge < -0.3 is 0 Å². The highest BCUT2D eigenvalue weighted by molar-refractivity contribution is 8.00. The first-order valence-electron chi connectivity index (χ1n) is 4.77. The molecular weight excluding hydrogens is 196 g/mol. The summed E-state index contributed by atoms with van der Waals surface area (Å²) in [6.07, 6.45) is 4.63. The molecular formula is C10H16N2OS. The van der Waals surface area contributed by atoms with E-state index >= 15 is 0 Å². The second kappa shape index (κ2) is 5.20. The van der Waals surface area contributed by atoms with Crippen LogP contribution in [0.2, 0.25) is 0 Å². The Hall–Kier alpha value is -0.770. The van der Waals surface area contributed by atoms with Crippen LogP contribution >= 0.6 is 11.8 Å². The fourth-order valence-electron chi connectivity index (χ4n) is 0.998. The van der Waals surface area contributed by atoms with Crippen molar-refractivity contribution in [1.29, 1.82) is 0 Å². The molecule has 0 N–H and O–H groups in total. The second-order valence-corrected chi connectivity index (χ2v) is 4.46. The van der Waals surface area contributed by atoms with Crippen LogP contribution in [0.4, 0.5) is 0 Å². The normalized spacial score (nSPS) is 12.8. The Bertz CT molecular complexity index is 309. The SMILES string of the molecule is CCC(C)C(=O)CSc1cnn(C)c1. The molecule has 1 rings (SSSR count). The van der Waals surface area contributed by atoms with Gasteiger partial charge in [-0.2, -0.15) is 5.10 Å². The molecule has 0 aromatic carbocycles. The summed E-state index contributed by atoms with van der Waals surface area (Å²) in [5.41, 5.74) is 0. The first-order valence-corrected chi connectivity index (χ1v) is 5.76. The van der Waals surface area contributed by atoms with Crippen LogP contribution in [-0.4, -0.2) is 21.3 Å². The molecule has 1 aromatic heterocycles. The van der Waals surface area contributed by atoms with Gasteiger partial charge >= 0.3 is 0 Å². The Morgan fingerprint density at radius 2 is 2.43 bits per heavy atom. The summed E-state index contributed by atoms with van der Waals surface area (Å²) in [7, 11) is 1.88. The third-order valence-corrected chi connectivity index (χ3v) is 3.20. The maximum absolute atomic E-state index is 11.5. The fourth-order valence-corrected chi connectivity index (χ4v) is 1.94. The van der Waals surface area contributed by atoms with Crippen LogP contribution in [0.15, 0.2) is 17.3 Å². The summed E-state index contributed by atoms with van der Waals surface area (Å²) in [5.74, 6) is 1.06. The van der Waals surface area contributed by atoms with E-state index in [0.29, 0.717) is 11.5 Å². The zero-order chi connectivity index (χ0) is 10.6. The van der Waals surface area contributed by atoms with E-state index in [-0.39, 0.29) is 5.92 Å². The highest BCUT2D eigenvalue weighted by Gasteiger charge is 2.10. The van der Waals surface area contributed by atoms with Gasteiger partial charge in [-0.05, 0) is 6.42 Å². The summed E-state index contributed by atoms with van der Waals surface area (Å²) in [5, 5.41) is 4.04. The van der Waals surface area contributed by atoms with Gasteiger partial charge in [0.15, 0.2) is 0 Å². The Morgan fingerprint density at radius 3 is 2.93 bits per heavy atom. The van der Waals surface area contributed by atoms with Crippen molar-refractivity contribution in [2.24, 2.45) is 13.0 Å². The molecule has 0 saturated carbocycles. The highest BCUT2D eigenvalue weighted by atomic mass is 32.2. The Balaban J connectivity index is 2.37. The quantitative estimate of drug-likeness (QED) is 0.701. The first kappa shape index (κ1) is 11.3. The number of Topliss-reactive ketones (excluding diaryl/α,β-unsaturated/α-hetero) is 1. The van der Waals surface area contributed by atoms with Crippen molar-refractivity contribution >= 4 is 17.5 Å². The predicted octanol–water partition coefficient (Wildman–Crippen LogP) is 2.13. The van der Waals surface area contributed by atoms with Gasteiger partial charge in [0, 0.05) is 24.1 Å². The third kappa shape index (κ3) is 3.18. The van der Waals surface area contributed by atoms with Crippen LogP contribution in [0.25, 0.3) is 0 Å². The number of ketones is 1. The maximum Gasteiger partial charge on any atom is 0.145 e. The second-order valence-electron chi connectivity index (χ2n) is 3.41. The third-order valence-electron chi connectivity index (χ3n) is 2.22. The monoisotopic (exact) mass is 212 g/mol. The number of nitrogens with zero attached hydrogens (tertiary/aromatic N) is 2. The van der Waals surface area contributed by atoms with Crippen molar-refractivity contribution in [3.8, 4) is 0 Å². The average molecular weight is 212 g/mol. The summed E-state index contributed by atoms with van der Waals surface area (Å²) < 4.78 is 1.75. The number of aromatic nitrogens is 2. The molecule has 0 aliphatic heterocycles. The van der Waals surface area contributed by atoms with E-state index in [1.807, 2.05) is 27.1 Å². The van der Waals surface area contributed by atoms with Crippen molar-refractivity contribution in [3.05, 3.63) is 12.4 Å². The van der Waals surface area contributed by atoms with E-state index < -0.39 is 0 Å². The van der Waals surface area contributed by atoms with E-state index in [9.17, 15) is 4.79 Å². The zero-order valence-corrected chi connectivity index (χ0v) is 9.67.